The van der Waals surface area contributed by atoms with Gasteiger partial charge in [0.05, 0.1) is 10.7 Å². The number of hydrogen-bond donors (Lipinski definition) is 1. The second-order valence-corrected chi connectivity index (χ2v) is 8.46. The molecule has 0 aliphatic rings. The zero-order valence-electron chi connectivity index (χ0n) is 11.6. The summed E-state index contributed by atoms with van der Waals surface area (Å²) in [4.78, 5) is 4.55. The van der Waals surface area contributed by atoms with Crippen LogP contribution in [-0.4, -0.2) is 19.9 Å². The van der Waals surface area contributed by atoms with E-state index in [2.05, 4.69) is 9.71 Å². The lowest BCUT2D eigenvalue weighted by Gasteiger charge is -2.02. The largest absolute Gasteiger partial charge is 0.250 e. The minimum absolute atomic E-state index is 0.344. The fourth-order valence-corrected chi connectivity index (χ4v) is 4.82. The molecule has 4 nitrogen and oxygen atoms in total. The predicted octanol–water partition coefficient (Wildman–Crippen LogP) is 3.39. The van der Waals surface area contributed by atoms with Crippen LogP contribution >= 0.6 is 22.7 Å². The summed E-state index contributed by atoms with van der Waals surface area (Å²) < 4.78 is 26.9. The number of hydrogen-bond acceptors (Lipinski definition) is 5. The molecule has 0 amide bonds. The van der Waals surface area contributed by atoms with Crippen LogP contribution in [0.5, 0.6) is 0 Å². The first-order valence-electron chi connectivity index (χ1n) is 6.68. The molecule has 0 fully saturated rings. The van der Waals surface area contributed by atoms with Gasteiger partial charge in [-0.05, 0) is 11.4 Å². The molecule has 114 valence electrons. The van der Waals surface area contributed by atoms with Crippen LogP contribution in [0, 0.1) is 0 Å². The average Bonchev–Trinajstić information content (AvgIpc) is 3.20. The lowest BCUT2D eigenvalue weighted by Crippen LogP contribution is -2.25. The number of aromatic nitrogens is 1. The number of thiazole rings is 1. The van der Waals surface area contributed by atoms with Crippen LogP contribution in [0.2, 0.25) is 0 Å². The summed E-state index contributed by atoms with van der Waals surface area (Å²) in [6, 6.07) is 13.3. The summed E-state index contributed by atoms with van der Waals surface area (Å²) in [5.41, 5.74) is 2.01. The molecular formula is C15H14N2O2S3. The molecule has 0 aliphatic carbocycles. The molecular weight excluding hydrogens is 336 g/mol. The van der Waals surface area contributed by atoms with E-state index in [1.54, 1.807) is 28.8 Å². The average molecular weight is 350 g/mol. The number of rotatable bonds is 6. The van der Waals surface area contributed by atoms with E-state index in [0.717, 1.165) is 16.3 Å². The highest BCUT2D eigenvalue weighted by Crippen LogP contribution is 2.22. The van der Waals surface area contributed by atoms with Crippen molar-refractivity contribution in [3.63, 3.8) is 0 Å². The van der Waals surface area contributed by atoms with Gasteiger partial charge in [0.25, 0.3) is 0 Å². The van der Waals surface area contributed by atoms with Gasteiger partial charge in [-0.1, -0.05) is 36.4 Å². The Morgan fingerprint density at radius 1 is 1.05 bits per heavy atom. The van der Waals surface area contributed by atoms with Gasteiger partial charge in [-0.3, -0.25) is 0 Å². The summed E-state index contributed by atoms with van der Waals surface area (Å²) in [7, 11) is -3.39. The Balaban J connectivity index is 1.60. The Morgan fingerprint density at radius 2 is 1.86 bits per heavy atom. The maximum atomic E-state index is 12.0. The van der Waals surface area contributed by atoms with Gasteiger partial charge in [0, 0.05) is 23.9 Å². The molecule has 2 aromatic heterocycles. The minimum Gasteiger partial charge on any atom is -0.241 e. The molecule has 0 atom stereocenters. The zero-order chi connectivity index (χ0) is 15.4. The molecule has 0 radical (unpaired) electrons. The smallest absolute Gasteiger partial charge is 0.241 e. The maximum Gasteiger partial charge on any atom is 0.250 e. The second kappa shape index (κ2) is 6.70. The van der Waals surface area contributed by atoms with Crippen molar-refractivity contribution in [3.05, 3.63) is 58.2 Å². The van der Waals surface area contributed by atoms with E-state index < -0.39 is 10.0 Å². The van der Waals surface area contributed by atoms with Crippen LogP contribution in [0.4, 0.5) is 0 Å². The first kappa shape index (κ1) is 15.4. The third-order valence-corrected chi connectivity index (χ3v) is 6.78. The van der Waals surface area contributed by atoms with Gasteiger partial charge in [-0.25, -0.2) is 18.1 Å². The molecule has 0 saturated carbocycles. The van der Waals surface area contributed by atoms with E-state index in [1.807, 2.05) is 35.7 Å². The zero-order valence-corrected chi connectivity index (χ0v) is 14.0. The molecule has 0 aliphatic heterocycles. The second-order valence-electron chi connectivity index (χ2n) is 4.57. The van der Waals surface area contributed by atoms with Crippen LogP contribution in [0.15, 0.2) is 57.4 Å². The lowest BCUT2D eigenvalue weighted by atomic mass is 10.2. The molecule has 3 rings (SSSR count). The number of thiophene rings is 1. The van der Waals surface area contributed by atoms with E-state index in [-0.39, 0.29) is 0 Å². The van der Waals surface area contributed by atoms with Crippen molar-refractivity contribution in [2.45, 2.75) is 10.6 Å². The summed E-state index contributed by atoms with van der Waals surface area (Å²) >= 11 is 2.76. The highest BCUT2D eigenvalue weighted by Gasteiger charge is 2.14. The molecule has 0 spiro atoms. The fraction of sp³-hybridized carbons (Fsp3) is 0.133. The van der Waals surface area contributed by atoms with Crippen LogP contribution in [0.25, 0.3) is 11.3 Å². The molecule has 7 heteroatoms. The predicted molar refractivity (Wildman–Crippen MR) is 90.8 cm³/mol. The molecule has 1 aromatic carbocycles. The highest BCUT2D eigenvalue weighted by molar-refractivity contribution is 7.91. The van der Waals surface area contributed by atoms with Crippen LogP contribution < -0.4 is 4.72 Å². The van der Waals surface area contributed by atoms with Gasteiger partial charge in [0.1, 0.15) is 4.21 Å². The molecule has 3 aromatic rings. The van der Waals surface area contributed by atoms with Gasteiger partial charge in [-0.2, -0.15) is 0 Å². The van der Waals surface area contributed by atoms with Crippen molar-refractivity contribution in [1.82, 2.24) is 9.71 Å². The maximum absolute atomic E-state index is 12.0. The third-order valence-electron chi connectivity index (χ3n) is 3.01. The third kappa shape index (κ3) is 3.61. The molecule has 0 saturated heterocycles. The van der Waals surface area contributed by atoms with E-state index in [4.69, 9.17) is 0 Å². The Bertz CT molecular complexity index is 825. The number of nitrogens with zero attached hydrogens (tertiary/aromatic N) is 1. The number of sulfonamides is 1. The quantitative estimate of drug-likeness (QED) is 0.741. The first-order valence-corrected chi connectivity index (χ1v) is 9.92. The molecule has 0 unspecified atom stereocenters. The van der Waals surface area contributed by atoms with Gasteiger partial charge >= 0.3 is 0 Å². The minimum atomic E-state index is -3.39. The van der Waals surface area contributed by atoms with Crippen molar-refractivity contribution in [1.29, 1.82) is 0 Å². The number of nitrogens with one attached hydrogen (secondary N) is 1. The summed E-state index contributed by atoms with van der Waals surface area (Å²) in [6.07, 6.45) is 0.585. The summed E-state index contributed by atoms with van der Waals surface area (Å²) in [5, 5.41) is 4.67. The number of benzene rings is 1. The Labute approximate surface area is 137 Å². The van der Waals surface area contributed by atoms with Crippen molar-refractivity contribution in [3.8, 4) is 11.3 Å². The van der Waals surface area contributed by atoms with Crippen LogP contribution in [0.1, 0.15) is 5.01 Å². The Kier molecular flexibility index (Phi) is 4.68. The van der Waals surface area contributed by atoms with E-state index in [0.29, 0.717) is 17.2 Å². The van der Waals surface area contributed by atoms with Crippen molar-refractivity contribution >= 4 is 32.7 Å². The Hall–Kier alpha value is -1.54. The van der Waals surface area contributed by atoms with Gasteiger partial charge in [0.15, 0.2) is 0 Å². The van der Waals surface area contributed by atoms with E-state index in [1.165, 1.54) is 11.3 Å². The summed E-state index contributed by atoms with van der Waals surface area (Å²) in [6.45, 7) is 0.349. The monoisotopic (exact) mass is 350 g/mol. The van der Waals surface area contributed by atoms with E-state index in [9.17, 15) is 8.42 Å². The molecule has 1 N–H and O–H groups in total. The standard InChI is InChI=1S/C15H14N2O2S3/c18-22(19,15-7-4-10-20-15)16-9-8-14-17-13(11-21-14)12-5-2-1-3-6-12/h1-7,10-11,16H,8-9H2. The summed E-state index contributed by atoms with van der Waals surface area (Å²) in [5.74, 6) is 0. The van der Waals surface area contributed by atoms with Crippen LogP contribution in [0.3, 0.4) is 0 Å². The van der Waals surface area contributed by atoms with Crippen molar-refractivity contribution in [2.24, 2.45) is 0 Å². The van der Waals surface area contributed by atoms with Gasteiger partial charge in [0.2, 0.25) is 10.0 Å². The fourth-order valence-electron chi connectivity index (χ4n) is 1.95. The molecule has 2 heterocycles. The first-order chi connectivity index (χ1) is 10.6. The van der Waals surface area contributed by atoms with Crippen LogP contribution in [-0.2, 0) is 16.4 Å². The van der Waals surface area contributed by atoms with Gasteiger partial charge in [-0.15, -0.1) is 22.7 Å². The highest BCUT2D eigenvalue weighted by atomic mass is 32.2. The topological polar surface area (TPSA) is 59.1 Å². The van der Waals surface area contributed by atoms with Crippen molar-refractivity contribution in [2.75, 3.05) is 6.54 Å². The van der Waals surface area contributed by atoms with Gasteiger partial charge < -0.3 is 0 Å². The van der Waals surface area contributed by atoms with E-state index >= 15 is 0 Å². The lowest BCUT2D eigenvalue weighted by molar-refractivity contribution is 0.583. The Morgan fingerprint density at radius 3 is 2.59 bits per heavy atom. The normalized spacial score (nSPS) is 11.6. The SMILES string of the molecule is O=S(=O)(NCCc1nc(-c2ccccc2)cs1)c1cccs1. The van der Waals surface area contributed by atoms with Crippen molar-refractivity contribution < 1.29 is 8.42 Å². The molecule has 22 heavy (non-hydrogen) atoms. The molecule has 0 bridgehead atoms.